The fraction of sp³-hybridized carbons (Fsp3) is 0.632. The normalized spacial score (nSPS) is 36.4. The summed E-state index contributed by atoms with van der Waals surface area (Å²) in [6.07, 6.45) is 3.10. The topological polar surface area (TPSA) is 67.8 Å². The fourth-order valence-corrected chi connectivity index (χ4v) is 5.67. The van der Waals surface area contributed by atoms with Crippen LogP contribution in [0, 0.1) is 0 Å². The average Bonchev–Trinajstić information content (AvgIpc) is 2.95. The molecule has 2 aliphatic carbocycles. The molecule has 1 heterocycles. The number of hydrogen-bond donors (Lipinski definition) is 2. The summed E-state index contributed by atoms with van der Waals surface area (Å²) >= 11 is 0. The number of phenolic OH excluding ortho intramolecular Hbond substituents is 1. The van der Waals surface area contributed by atoms with E-state index in [2.05, 4.69) is 12.2 Å². The summed E-state index contributed by atoms with van der Waals surface area (Å²) in [5, 5.41) is 13.8. The molecule has 5 nitrogen and oxygen atoms in total. The number of rotatable bonds is 4. The van der Waals surface area contributed by atoms with Crippen molar-refractivity contribution >= 4 is 5.78 Å². The molecule has 0 radical (unpaired) electrons. The van der Waals surface area contributed by atoms with Crippen LogP contribution < -0.4 is 10.1 Å². The van der Waals surface area contributed by atoms with E-state index in [1.807, 2.05) is 13.1 Å². The number of ether oxygens (including phenoxy) is 2. The maximum Gasteiger partial charge on any atom is 0.174 e. The summed E-state index contributed by atoms with van der Waals surface area (Å²) < 4.78 is 12.3. The highest BCUT2D eigenvalue weighted by Gasteiger charge is 2.71. The monoisotopic (exact) mass is 331 g/mol. The highest BCUT2D eigenvalue weighted by molar-refractivity contribution is 5.90. The second-order valence-corrected chi connectivity index (χ2v) is 7.27. The molecule has 3 aliphatic rings. The standard InChI is InChI=1S/C19H25NO4/c1-4-8-18-15-11-5-6-12(21)16(15)24-17(18)13(22)7-9-19(18,23-3)14(10-11)20-2/h5-6,14,17,20-21H,4,7-10H2,1-3H3/t14?,17?,18-,19?/m0/s1. The lowest BCUT2D eigenvalue weighted by atomic mass is 9.50. The van der Waals surface area contributed by atoms with Crippen LogP contribution in [0.1, 0.15) is 43.7 Å². The van der Waals surface area contributed by atoms with Crippen LogP contribution in [-0.2, 0) is 21.4 Å². The summed E-state index contributed by atoms with van der Waals surface area (Å²) in [4.78, 5) is 12.8. The van der Waals surface area contributed by atoms with Gasteiger partial charge >= 0.3 is 0 Å². The number of likely N-dealkylation sites (N-methyl/N-ethyl adjacent to an activating group) is 1. The summed E-state index contributed by atoms with van der Waals surface area (Å²) in [7, 11) is 3.71. The molecule has 1 aromatic carbocycles. The quantitative estimate of drug-likeness (QED) is 0.884. The van der Waals surface area contributed by atoms with Crippen molar-refractivity contribution in [2.75, 3.05) is 14.2 Å². The largest absolute Gasteiger partial charge is 0.504 e. The SMILES string of the molecule is CCC[C@]12c3c4ccc(O)c3OC1C(=O)CCC2(OC)C(NC)C4. The van der Waals surface area contributed by atoms with Crippen molar-refractivity contribution in [2.24, 2.45) is 0 Å². The number of carbonyl (C=O) groups is 1. The van der Waals surface area contributed by atoms with Crippen molar-refractivity contribution in [2.45, 2.75) is 62.2 Å². The Morgan fingerprint density at radius 2 is 2.25 bits per heavy atom. The molecule has 0 aromatic heterocycles. The van der Waals surface area contributed by atoms with E-state index >= 15 is 0 Å². The van der Waals surface area contributed by atoms with E-state index in [1.54, 1.807) is 13.2 Å². The van der Waals surface area contributed by atoms with Gasteiger partial charge in [0.15, 0.2) is 23.4 Å². The predicted molar refractivity (Wildman–Crippen MR) is 89.6 cm³/mol. The number of ketones is 1. The minimum atomic E-state index is -0.565. The van der Waals surface area contributed by atoms with E-state index < -0.39 is 17.1 Å². The molecule has 1 aliphatic heterocycles. The lowest BCUT2D eigenvalue weighted by Crippen LogP contribution is -2.73. The maximum atomic E-state index is 12.8. The molecule has 2 N–H and O–H groups in total. The van der Waals surface area contributed by atoms with Gasteiger partial charge in [0.1, 0.15) is 0 Å². The van der Waals surface area contributed by atoms with Gasteiger partial charge in [-0.05, 0) is 37.9 Å². The van der Waals surface area contributed by atoms with Crippen molar-refractivity contribution in [3.63, 3.8) is 0 Å². The third-order valence-electron chi connectivity index (χ3n) is 6.49. The van der Waals surface area contributed by atoms with Crippen molar-refractivity contribution in [1.82, 2.24) is 5.32 Å². The molecule has 4 atom stereocenters. The van der Waals surface area contributed by atoms with Crippen molar-refractivity contribution in [1.29, 1.82) is 0 Å². The summed E-state index contributed by atoms with van der Waals surface area (Å²) in [5.41, 5.74) is 1.14. The Balaban J connectivity index is 2.07. The van der Waals surface area contributed by atoms with Crippen LogP contribution in [-0.4, -0.2) is 42.8 Å². The van der Waals surface area contributed by atoms with Gasteiger partial charge in [-0.1, -0.05) is 19.4 Å². The third-order valence-corrected chi connectivity index (χ3v) is 6.49. The number of nitrogens with one attached hydrogen (secondary N) is 1. The van der Waals surface area contributed by atoms with E-state index in [0.717, 1.165) is 30.4 Å². The number of carbonyl (C=O) groups excluding carboxylic acids is 1. The summed E-state index contributed by atoms with van der Waals surface area (Å²) in [6.45, 7) is 2.13. The first-order valence-electron chi connectivity index (χ1n) is 8.82. The lowest BCUT2D eigenvalue weighted by Gasteiger charge is -2.58. The first-order chi connectivity index (χ1) is 11.6. The number of phenols is 1. The molecular formula is C19H25NO4. The van der Waals surface area contributed by atoms with Crippen LogP contribution in [0.5, 0.6) is 11.5 Å². The van der Waals surface area contributed by atoms with Gasteiger partial charge < -0.3 is 19.9 Å². The maximum absolute atomic E-state index is 12.8. The van der Waals surface area contributed by atoms with E-state index in [-0.39, 0.29) is 17.6 Å². The van der Waals surface area contributed by atoms with Crippen molar-refractivity contribution in [3.05, 3.63) is 23.3 Å². The minimum Gasteiger partial charge on any atom is -0.504 e. The number of methoxy groups -OCH3 is 1. The number of benzene rings is 1. The van der Waals surface area contributed by atoms with Crippen LogP contribution in [0.2, 0.25) is 0 Å². The zero-order valence-corrected chi connectivity index (χ0v) is 14.5. The van der Waals surface area contributed by atoms with Crippen molar-refractivity contribution in [3.8, 4) is 11.5 Å². The van der Waals surface area contributed by atoms with Gasteiger partial charge in [0, 0.05) is 25.1 Å². The first kappa shape index (κ1) is 15.9. The highest BCUT2D eigenvalue weighted by Crippen LogP contribution is 2.63. The van der Waals surface area contributed by atoms with Gasteiger partial charge in [0.25, 0.3) is 0 Å². The number of aromatic hydroxyl groups is 1. The van der Waals surface area contributed by atoms with E-state index in [9.17, 15) is 9.90 Å². The molecule has 0 spiro atoms. The smallest absolute Gasteiger partial charge is 0.174 e. The number of hydrogen-bond acceptors (Lipinski definition) is 5. The Hall–Kier alpha value is -1.59. The molecule has 0 amide bonds. The molecule has 3 unspecified atom stereocenters. The summed E-state index contributed by atoms with van der Waals surface area (Å²) in [6, 6.07) is 3.76. The van der Waals surface area contributed by atoms with Gasteiger partial charge in [0.2, 0.25) is 0 Å². The fourth-order valence-electron chi connectivity index (χ4n) is 5.67. The summed E-state index contributed by atoms with van der Waals surface area (Å²) in [5.74, 6) is 0.742. The molecule has 130 valence electrons. The molecule has 4 rings (SSSR count). The third kappa shape index (κ3) is 1.60. The Kier molecular flexibility index (Phi) is 3.45. The molecule has 0 saturated heterocycles. The van der Waals surface area contributed by atoms with Crippen LogP contribution in [0.25, 0.3) is 0 Å². The van der Waals surface area contributed by atoms with Gasteiger partial charge in [-0.2, -0.15) is 0 Å². The molecular weight excluding hydrogens is 306 g/mol. The second-order valence-electron chi connectivity index (χ2n) is 7.27. The second kappa shape index (κ2) is 5.20. The Morgan fingerprint density at radius 1 is 1.46 bits per heavy atom. The predicted octanol–water partition coefficient (Wildman–Crippen LogP) is 2.08. The lowest BCUT2D eigenvalue weighted by molar-refractivity contribution is -0.169. The Bertz CT molecular complexity index is 703. The zero-order valence-electron chi connectivity index (χ0n) is 14.5. The average molecular weight is 331 g/mol. The van der Waals surface area contributed by atoms with Crippen LogP contribution in [0.15, 0.2) is 12.1 Å². The van der Waals surface area contributed by atoms with E-state index in [1.165, 1.54) is 0 Å². The first-order valence-corrected chi connectivity index (χ1v) is 8.82. The molecule has 1 fully saturated rings. The minimum absolute atomic E-state index is 0.108. The van der Waals surface area contributed by atoms with Crippen LogP contribution >= 0.6 is 0 Å². The van der Waals surface area contributed by atoms with Gasteiger partial charge in [0.05, 0.1) is 11.0 Å². The van der Waals surface area contributed by atoms with E-state index in [4.69, 9.17) is 9.47 Å². The highest BCUT2D eigenvalue weighted by atomic mass is 16.5. The van der Waals surface area contributed by atoms with Gasteiger partial charge in [-0.25, -0.2) is 0 Å². The molecule has 5 heteroatoms. The Morgan fingerprint density at radius 3 is 2.92 bits per heavy atom. The van der Waals surface area contributed by atoms with Crippen LogP contribution in [0.3, 0.4) is 0 Å². The number of Topliss-reactive ketones (excluding diaryl/α,β-unsaturated/α-hetero) is 1. The molecule has 1 aromatic rings. The van der Waals surface area contributed by atoms with Crippen LogP contribution in [0.4, 0.5) is 0 Å². The zero-order chi connectivity index (χ0) is 17.1. The van der Waals surface area contributed by atoms with Gasteiger partial charge in [-0.15, -0.1) is 0 Å². The van der Waals surface area contributed by atoms with Crippen molar-refractivity contribution < 1.29 is 19.4 Å². The molecule has 24 heavy (non-hydrogen) atoms. The molecule has 1 saturated carbocycles. The van der Waals surface area contributed by atoms with Gasteiger partial charge in [-0.3, -0.25) is 4.79 Å². The van der Waals surface area contributed by atoms with E-state index in [0.29, 0.717) is 18.6 Å². The Labute approximate surface area is 142 Å². The molecule has 0 bridgehead atoms.